The van der Waals surface area contributed by atoms with E-state index >= 15 is 0 Å². The molecule has 1 aromatic heterocycles. The molecular formula is C14H25N3. The summed E-state index contributed by atoms with van der Waals surface area (Å²) in [6.07, 6.45) is 0. The lowest BCUT2D eigenvalue weighted by atomic mass is 9.91. The van der Waals surface area contributed by atoms with Crippen molar-refractivity contribution in [3.63, 3.8) is 0 Å². The molecule has 1 aliphatic rings. The van der Waals surface area contributed by atoms with Crippen LogP contribution in [0.4, 0.5) is 0 Å². The van der Waals surface area contributed by atoms with Crippen LogP contribution in [0.2, 0.25) is 0 Å². The van der Waals surface area contributed by atoms with E-state index in [1.807, 2.05) is 0 Å². The first kappa shape index (κ1) is 12.7. The number of rotatable bonds is 2. The van der Waals surface area contributed by atoms with Crippen LogP contribution in [0.3, 0.4) is 0 Å². The third-order valence-electron chi connectivity index (χ3n) is 4.34. The molecule has 0 aliphatic carbocycles. The Morgan fingerprint density at radius 2 is 1.76 bits per heavy atom. The number of hydrogen-bond acceptors (Lipinski definition) is 2. The number of aryl methyl sites for hydroxylation is 1. The van der Waals surface area contributed by atoms with E-state index in [1.165, 1.54) is 17.0 Å². The number of nitrogens with zero attached hydrogens (tertiary/aromatic N) is 2. The van der Waals surface area contributed by atoms with Gasteiger partial charge in [0.15, 0.2) is 0 Å². The summed E-state index contributed by atoms with van der Waals surface area (Å²) in [7, 11) is 2.15. The summed E-state index contributed by atoms with van der Waals surface area (Å²) in [6.45, 7) is 13.6. The second-order valence-corrected chi connectivity index (χ2v) is 5.64. The highest BCUT2D eigenvalue weighted by atomic mass is 15.2. The molecule has 2 heterocycles. The maximum absolute atomic E-state index is 3.42. The number of aromatic nitrogens is 1. The Morgan fingerprint density at radius 1 is 1.18 bits per heavy atom. The highest BCUT2D eigenvalue weighted by Crippen LogP contribution is 2.32. The van der Waals surface area contributed by atoms with Gasteiger partial charge in [-0.3, -0.25) is 4.90 Å². The maximum Gasteiger partial charge on any atom is 0.0423 e. The maximum atomic E-state index is 3.42. The molecule has 1 N–H and O–H groups in total. The Hall–Kier alpha value is -0.800. The molecule has 0 atom stereocenters. The second kappa shape index (κ2) is 4.46. The molecular weight excluding hydrogens is 210 g/mol. The van der Waals surface area contributed by atoms with Crippen molar-refractivity contribution in [3.8, 4) is 0 Å². The molecule has 0 radical (unpaired) electrons. The van der Waals surface area contributed by atoms with Crippen LogP contribution in [0.1, 0.15) is 30.8 Å². The summed E-state index contributed by atoms with van der Waals surface area (Å²) >= 11 is 0. The van der Waals surface area contributed by atoms with Gasteiger partial charge in [-0.25, -0.2) is 0 Å². The van der Waals surface area contributed by atoms with Crippen LogP contribution < -0.4 is 5.32 Å². The fourth-order valence-electron chi connectivity index (χ4n) is 2.87. The highest BCUT2D eigenvalue weighted by Gasteiger charge is 2.32. The number of nitrogens with one attached hydrogen (secondary N) is 1. The van der Waals surface area contributed by atoms with Crippen molar-refractivity contribution in [2.45, 2.75) is 33.2 Å². The van der Waals surface area contributed by atoms with Gasteiger partial charge in [-0.2, -0.15) is 0 Å². The molecule has 3 nitrogen and oxygen atoms in total. The van der Waals surface area contributed by atoms with E-state index in [2.05, 4.69) is 55.6 Å². The van der Waals surface area contributed by atoms with Crippen LogP contribution >= 0.6 is 0 Å². The summed E-state index contributed by atoms with van der Waals surface area (Å²) in [5.74, 6) is 0. The molecule has 96 valence electrons. The highest BCUT2D eigenvalue weighted by molar-refractivity contribution is 5.32. The zero-order valence-corrected chi connectivity index (χ0v) is 11.8. The van der Waals surface area contributed by atoms with Crippen LogP contribution in [0.25, 0.3) is 0 Å². The van der Waals surface area contributed by atoms with Crippen LogP contribution in [-0.2, 0) is 12.6 Å². The van der Waals surface area contributed by atoms with E-state index in [9.17, 15) is 0 Å². The topological polar surface area (TPSA) is 20.2 Å². The van der Waals surface area contributed by atoms with Crippen molar-refractivity contribution in [1.82, 2.24) is 14.8 Å². The largest absolute Gasteiger partial charge is 0.352 e. The van der Waals surface area contributed by atoms with Crippen LogP contribution in [0, 0.1) is 13.8 Å². The minimum absolute atomic E-state index is 0.137. The van der Waals surface area contributed by atoms with Gasteiger partial charge in [-0.1, -0.05) is 0 Å². The Bertz CT molecular complexity index is 398. The van der Waals surface area contributed by atoms with E-state index in [1.54, 1.807) is 0 Å². The number of hydrogen-bond donors (Lipinski definition) is 1. The van der Waals surface area contributed by atoms with Crippen LogP contribution in [0.5, 0.6) is 0 Å². The molecule has 1 saturated heterocycles. The van der Waals surface area contributed by atoms with Gasteiger partial charge in [0.25, 0.3) is 0 Å². The van der Waals surface area contributed by atoms with E-state index in [0.717, 1.165) is 26.2 Å². The van der Waals surface area contributed by atoms with E-state index < -0.39 is 0 Å². The molecule has 1 fully saturated rings. The lowest BCUT2D eigenvalue weighted by Crippen LogP contribution is -2.51. The van der Waals surface area contributed by atoms with Gasteiger partial charge in [0.1, 0.15) is 0 Å². The molecule has 17 heavy (non-hydrogen) atoms. The molecule has 2 rings (SSSR count). The minimum atomic E-state index is 0.137. The molecule has 0 unspecified atom stereocenters. The van der Waals surface area contributed by atoms with E-state index in [-0.39, 0.29) is 5.54 Å². The van der Waals surface area contributed by atoms with Crippen molar-refractivity contribution >= 4 is 0 Å². The average molecular weight is 235 g/mol. The van der Waals surface area contributed by atoms with Gasteiger partial charge in [0, 0.05) is 50.2 Å². The fourth-order valence-corrected chi connectivity index (χ4v) is 2.87. The zero-order valence-electron chi connectivity index (χ0n) is 11.8. The summed E-state index contributed by atoms with van der Waals surface area (Å²) in [6, 6.07) is 2.34. The molecule has 1 aliphatic heterocycles. The Labute approximate surface area is 105 Å². The average Bonchev–Trinajstić information content (AvgIpc) is 2.59. The van der Waals surface area contributed by atoms with Crippen molar-refractivity contribution in [3.05, 3.63) is 23.0 Å². The first-order valence-electron chi connectivity index (χ1n) is 6.53. The Morgan fingerprint density at radius 3 is 2.24 bits per heavy atom. The summed E-state index contributed by atoms with van der Waals surface area (Å²) in [4.78, 5) is 2.59. The fraction of sp³-hybridized carbons (Fsp3) is 0.714. The van der Waals surface area contributed by atoms with E-state index in [0.29, 0.717) is 0 Å². The monoisotopic (exact) mass is 235 g/mol. The lowest BCUT2D eigenvalue weighted by Gasteiger charge is -2.41. The SMILES string of the molecule is Cc1cc(C(C)(C)N2CCNCC2)c(C)n1C. The molecule has 0 spiro atoms. The Kier molecular flexibility index (Phi) is 3.32. The normalized spacial score (nSPS) is 18.6. The summed E-state index contributed by atoms with van der Waals surface area (Å²) in [5.41, 5.74) is 4.35. The standard InChI is InChI=1S/C14H25N3/c1-11-10-13(12(2)16(11)5)14(3,4)17-8-6-15-7-9-17/h10,15H,6-9H2,1-5H3. The summed E-state index contributed by atoms with van der Waals surface area (Å²) in [5, 5.41) is 3.42. The van der Waals surface area contributed by atoms with Crippen molar-refractivity contribution in [2.24, 2.45) is 7.05 Å². The minimum Gasteiger partial charge on any atom is -0.352 e. The van der Waals surface area contributed by atoms with E-state index in [4.69, 9.17) is 0 Å². The van der Waals surface area contributed by atoms with Gasteiger partial charge < -0.3 is 9.88 Å². The van der Waals surface area contributed by atoms with Gasteiger partial charge >= 0.3 is 0 Å². The predicted molar refractivity (Wildman–Crippen MR) is 72.4 cm³/mol. The Balaban J connectivity index is 2.32. The molecule has 3 heteroatoms. The third-order valence-corrected chi connectivity index (χ3v) is 4.34. The van der Waals surface area contributed by atoms with Crippen molar-refractivity contribution < 1.29 is 0 Å². The molecule has 0 aromatic carbocycles. The van der Waals surface area contributed by atoms with Gasteiger partial charge in [0.05, 0.1) is 0 Å². The first-order chi connectivity index (χ1) is 7.94. The molecule has 0 bridgehead atoms. The van der Waals surface area contributed by atoms with Gasteiger partial charge in [-0.15, -0.1) is 0 Å². The third kappa shape index (κ3) is 2.14. The first-order valence-corrected chi connectivity index (χ1v) is 6.53. The molecule has 1 aromatic rings. The summed E-state index contributed by atoms with van der Waals surface area (Å²) < 4.78 is 2.29. The van der Waals surface area contributed by atoms with Gasteiger partial charge in [-0.05, 0) is 39.3 Å². The van der Waals surface area contributed by atoms with Crippen LogP contribution in [-0.4, -0.2) is 35.6 Å². The molecule has 0 amide bonds. The van der Waals surface area contributed by atoms with Crippen molar-refractivity contribution in [1.29, 1.82) is 0 Å². The predicted octanol–water partition coefficient (Wildman–Crippen LogP) is 1.78. The second-order valence-electron chi connectivity index (χ2n) is 5.64. The smallest absolute Gasteiger partial charge is 0.0423 e. The zero-order chi connectivity index (χ0) is 12.6. The van der Waals surface area contributed by atoms with Crippen LogP contribution in [0.15, 0.2) is 6.07 Å². The lowest BCUT2D eigenvalue weighted by molar-refractivity contribution is 0.102. The molecule has 0 saturated carbocycles. The van der Waals surface area contributed by atoms with Crippen molar-refractivity contribution in [2.75, 3.05) is 26.2 Å². The quantitative estimate of drug-likeness (QED) is 0.843. The number of piperazine rings is 1. The van der Waals surface area contributed by atoms with Gasteiger partial charge in [0.2, 0.25) is 0 Å².